The molecule has 0 aromatic heterocycles. The summed E-state index contributed by atoms with van der Waals surface area (Å²) < 4.78 is 12.6. The number of hydrogen-bond donors (Lipinski definition) is 0. The van der Waals surface area contributed by atoms with Gasteiger partial charge in [0.15, 0.2) is 0 Å². The van der Waals surface area contributed by atoms with E-state index in [9.17, 15) is 4.79 Å². The highest BCUT2D eigenvalue weighted by molar-refractivity contribution is 5.90. The molecule has 0 atom stereocenters. The van der Waals surface area contributed by atoms with E-state index in [1.165, 1.54) is 166 Å². The van der Waals surface area contributed by atoms with E-state index in [1.54, 1.807) is 0 Å². The van der Waals surface area contributed by atoms with Crippen molar-refractivity contribution in [2.24, 2.45) is 11.8 Å². The molecule has 0 spiro atoms. The Morgan fingerprint density at radius 2 is 0.900 bits per heavy atom. The highest BCUT2D eigenvalue weighted by atomic mass is 16.5. The van der Waals surface area contributed by atoms with Crippen LogP contribution in [0.1, 0.15) is 173 Å². The molecule has 40 heavy (non-hydrogen) atoms. The molecule has 3 fully saturated rings. The van der Waals surface area contributed by atoms with Gasteiger partial charge in [0.2, 0.25) is 0 Å². The summed E-state index contributed by atoms with van der Waals surface area (Å²) in [6, 6.07) is 0. The first-order valence-corrected chi connectivity index (χ1v) is 17.9. The highest BCUT2D eigenvalue weighted by Gasteiger charge is 2.31. The van der Waals surface area contributed by atoms with Crippen molar-refractivity contribution >= 4 is 5.97 Å². The normalized spacial score (nSPS) is 23.0. The van der Waals surface area contributed by atoms with Gasteiger partial charge in [-0.15, -0.1) is 6.58 Å². The first-order chi connectivity index (χ1) is 19.8. The molecule has 3 nitrogen and oxygen atoms in total. The van der Waals surface area contributed by atoms with E-state index in [4.69, 9.17) is 9.47 Å². The third-order valence-electron chi connectivity index (χ3n) is 9.99. The molecule has 0 aromatic carbocycles. The maximum absolute atomic E-state index is 14.3. The van der Waals surface area contributed by atoms with Gasteiger partial charge in [-0.1, -0.05) is 134 Å². The second-order valence-electron chi connectivity index (χ2n) is 13.3. The Balaban J connectivity index is 1.92. The Kier molecular flexibility index (Phi) is 18.0. The molecule has 0 aliphatic heterocycles. The van der Waals surface area contributed by atoms with Crippen LogP contribution in [-0.2, 0) is 14.3 Å². The molecule has 0 radical (unpaired) electrons. The number of hydrogen-bond acceptors (Lipinski definition) is 3. The maximum Gasteiger partial charge on any atom is 0.336 e. The molecule has 0 unspecified atom stereocenters. The molecule has 0 saturated heterocycles. The third kappa shape index (κ3) is 13.3. The van der Waals surface area contributed by atoms with Crippen molar-refractivity contribution in [3.63, 3.8) is 0 Å². The average Bonchev–Trinajstić information content (AvgIpc) is 2.98. The number of carbonyl (C=O) groups is 1. The summed E-state index contributed by atoms with van der Waals surface area (Å²) in [5.74, 6) is 0.963. The first kappa shape index (κ1) is 33.4. The lowest BCUT2D eigenvalue weighted by molar-refractivity contribution is -0.146. The molecule has 3 rings (SSSR count). The van der Waals surface area contributed by atoms with Crippen molar-refractivity contribution in [2.75, 3.05) is 13.2 Å². The largest absolute Gasteiger partial charge is 0.459 e. The van der Waals surface area contributed by atoms with Crippen LogP contribution in [0.3, 0.4) is 0 Å². The van der Waals surface area contributed by atoms with Gasteiger partial charge >= 0.3 is 5.97 Å². The van der Waals surface area contributed by atoms with Gasteiger partial charge in [0.25, 0.3) is 0 Å². The molecule has 0 N–H and O–H groups in total. The molecule has 3 aliphatic rings. The quantitative estimate of drug-likeness (QED) is 0.129. The summed E-state index contributed by atoms with van der Waals surface area (Å²) in [4.78, 5) is 14.3. The number of carbonyl (C=O) groups excluding carboxylic acids is 1. The average molecular weight is 557 g/mol. The third-order valence-corrected chi connectivity index (χ3v) is 9.99. The molecule has 0 aromatic rings. The van der Waals surface area contributed by atoms with E-state index in [2.05, 4.69) is 6.58 Å². The van der Waals surface area contributed by atoms with Crippen LogP contribution < -0.4 is 0 Å². The fourth-order valence-corrected chi connectivity index (χ4v) is 7.68. The zero-order valence-corrected chi connectivity index (χ0v) is 26.2. The zero-order chi connectivity index (χ0) is 28.1. The lowest BCUT2D eigenvalue weighted by Gasteiger charge is -2.32. The summed E-state index contributed by atoms with van der Waals surface area (Å²) in [6.07, 6.45) is 36.5. The Hall–Kier alpha value is -1.09. The first-order valence-electron chi connectivity index (χ1n) is 17.9. The van der Waals surface area contributed by atoms with Crippen LogP contribution in [0.25, 0.3) is 0 Å². The minimum Gasteiger partial charge on any atom is -0.459 e. The number of allylic oxidation sites excluding steroid dienone is 1. The molecule has 3 saturated carbocycles. The Bertz CT molecular complexity index is 652. The standard InChI is InChI=1S/C37H64O3/c1-2-30-39-31-35(37(38)40-34-28-22-16-10-5-11-17-23-29-34)36(32-24-18-12-6-3-7-13-19-25-32)33-26-20-14-8-4-9-15-21-27-33/h2,32-34H,1,3-31H2. The zero-order valence-electron chi connectivity index (χ0n) is 26.2. The second-order valence-corrected chi connectivity index (χ2v) is 13.3. The molecule has 3 aliphatic carbocycles. The Morgan fingerprint density at radius 3 is 1.27 bits per heavy atom. The van der Waals surface area contributed by atoms with Gasteiger partial charge in [0.1, 0.15) is 6.10 Å². The van der Waals surface area contributed by atoms with E-state index >= 15 is 0 Å². The van der Waals surface area contributed by atoms with Crippen molar-refractivity contribution in [1.29, 1.82) is 0 Å². The van der Waals surface area contributed by atoms with Gasteiger partial charge in [-0.25, -0.2) is 4.79 Å². The van der Waals surface area contributed by atoms with Crippen LogP contribution in [-0.4, -0.2) is 25.3 Å². The lowest BCUT2D eigenvalue weighted by atomic mass is 9.74. The van der Waals surface area contributed by atoms with Crippen molar-refractivity contribution in [1.82, 2.24) is 0 Å². The molecule has 3 heteroatoms. The van der Waals surface area contributed by atoms with E-state index in [0.29, 0.717) is 25.0 Å². The van der Waals surface area contributed by atoms with Crippen LogP contribution in [0.15, 0.2) is 23.8 Å². The van der Waals surface area contributed by atoms with Crippen LogP contribution in [0.2, 0.25) is 0 Å². The molecular formula is C37H64O3. The highest BCUT2D eigenvalue weighted by Crippen LogP contribution is 2.39. The van der Waals surface area contributed by atoms with E-state index < -0.39 is 0 Å². The van der Waals surface area contributed by atoms with Gasteiger partial charge in [0, 0.05) is 0 Å². The molecular weight excluding hydrogens is 492 g/mol. The van der Waals surface area contributed by atoms with E-state index in [0.717, 1.165) is 18.4 Å². The minimum absolute atomic E-state index is 0.0460. The second kappa shape index (κ2) is 21.6. The number of esters is 1. The summed E-state index contributed by atoms with van der Waals surface area (Å²) in [7, 11) is 0. The van der Waals surface area contributed by atoms with Crippen molar-refractivity contribution in [2.45, 2.75) is 179 Å². The van der Waals surface area contributed by atoms with Crippen molar-refractivity contribution in [3.8, 4) is 0 Å². The van der Waals surface area contributed by atoms with Crippen molar-refractivity contribution in [3.05, 3.63) is 23.8 Å². The smallest absolute Gasteiger partial charge is 0.336 e. The Morgan fingerprint density at radius 1 is 0.550 bits per heavy atom. The summed E-state index contributed by atoms with van der Waals surface area (Å²) in [5, 5.41) is 0. The van der Waals surface area contributed by atoms with Gasteiger partial charge in [-0.3, -0.25) is 0 Å². The van der Waals surface area contributed by atoms with Crippen LogP contribution in [0, 0.1) is 11.8 Å². The molecule has 230 valence electrons. The lowest BCUT2D eigenvalue weighted by Crippen LogP contribution is -2.27. The predicted molar refractivity (Wildman–Crippen MR) is 170 cm³/mol. The van der Waals surface area contributed by atoms with Crippen LogP contribution in [0.4, 0.5) is 0 Å². The van der Waals surface area contributed by atoms with E-state index in [1.807, 2.05) is 6.08 Å². The SMILES string of the molecule is C=CCOCC(C(=O)OC1CCCCCCCCC1)=C(C1CCCCCCCCC1)C1CCCCCCCCC1. The monoisotopic (exact) mass is 556 g/mol. The topological polar surface area (TPSA) is 35.5 Å². The fraction of sp³-hybridized carbons (Fsp3) is 0.865. The van der Waals surface area contributed by atoms with Gasteiger partial charge in [0.05, 0.1) is 18.8 Å². The predicted octanol–water partition coefficient (Wildman–Crippen LogP) is 11.2. The van der Waals surface area contributed by atoms with E-state index in [-0.39, 0.29) is 12.1 Å². The van der Waals surface area contributed by atoms with Crippen molar-refractivity contribution < 1.29 is 14.3 Å². The minimum atomic E-state index is -0.0460. The molecule has 0 heterocycles. The number of ether oxygens (including phenoxy) is 2. The van der Waals surface area contributed by atoms with Gasteiger partial charge in [-0.2, -0.15) is 0 Å². The van der Waals surface area contributed by atoms with Gasteiger partial charge < -0.3 is 9.47 Å². The maximum atomic E-state index is 14.3. The van der Waals surface area contributed by atoms with Gasteiger partial charge in [-0.05, 0) is 63.2 Å². The number of rotatable bonds is 8. The molecule has 0 amide bonds. The summed E-state index contributed by atoms with van der Waals surface area (Å²) >= 11 is 0. The fourth-order valence-electron chi connectivity index (χ4n) is 7.68. The molecule has 0 bridgehead atoms. The summed E-state index contributed by atoms with van der Waals surface area (Å²) in [5.41, 5.74) is 2.37. The Labute approximate surface area is 248 Å². The van der Waals surface area contributed by atoms with Crippen LogP contribution >= 0.6 is 0 Å². The summed E-state index contributed by atoms with van der Waals surface area (Å²) in [6.45, 7) is 4.76. The van der Waals surface area contributed by atoms with Crippen LogP contribution in [0.5, 0.6) is 0 Å².